The first kappa shape index (κ1) is 13.9. The molecule has 0 aliphatic heterocycles. The molecule has 4 nitrogen and oxygen atoms in total. The van der Waals surface area contributed by atoms with Gasteiger partial charge in [-0.15, -0.1) is 0 Å². The molecule has 2 heterocycles. The summed E-state index contributed by atoms with van der Waals surface area (Å²) in [6.07, 6.45) is -2.66. The predicted molar refractivity (Wildman–Crippen MR) is 61.4 cm³/mol. The van der Waals surface area contributed by atoms with Crippen LogP contribution in [0.15, 0.2) is 36.7 Å². The molecule has 0 atom stereocenters. The number of aromatic nitrogens is 2. The van der Waals surface area contributed by atoms with Crippen molar-refractivity contribution >= 4 is 11.6 Å². The third-order valence-corrected chi connectivity index (χ3v) is 2.30. The lowest BCUT2D eigenvalue weighted by atomic mass is 10.2. The molecule has 1 N–H and O–H groups in total. The number of pyridine rings is 2. The molecule has 8 heteroatoms. The largest absolute Gasteiger partial charge is 0.433 e. The van der Waals surface area contributed by atoms with E-state index < -0.39 is 23.7 Å². The van der Waals surface area contributed by atoms with Crippen LogP contribution in [0.2, 0.25) is 0 Å². The molecule has 2 aromatic rings. The van der Waals surface area contributed by atoms with Crippen LogP contribution in [-0.2, 0) is 6.18 Å². The molecular weight excluding hydrogens is 278 g/mol. The van der Waals surface area contributed by atoms with Gasteiger partial charge in [0.2, 0.25) is 5.95 Å². The van der Waals surface area contributed by atoms with Crippen LogP contribution in [-0.4, -0.2) is 15.9 Å². The summed E-state index contributed by atoms with van der Waals surface area (Å²) in [5, 5.41) is 2.35. The van der Waals surface area contributed by atoms with Gasteiger partial charge < -0.3 is 5.32 Å². The number of anilines is 1. The molecular formula is C12H7F4N3O. The fourth-order valence-electron chi connectivity index (χ4n) is 1.35. The monoisotopic (exact) mass is 285 g/mol. The molecule has 0 aliphatic carbocycles. The molecule has 0 unspecified atom stereocenters. The molecule has 20 heavy (non-hydrogen) atoms. The van der Waals surface area contributed by atoms with E-state index >= 15 is 0 Å². The van der Waals surface area contributed by atoms with Crippen LogP contribution in [0.5, 0.6) is 0 Å². The van der Waals surface area contributed by atoms with Gasteiger partial charge in [-0.25, -0.2) is 4.98 Å². The molecule has 0 aliphatic rings. The summed E-state index contributed by atoms with van der Waals surface area (Å²) in [6, 6.07) is 4.03. The Bertz CT molecular complexity index is 608. The zero-order valence-electron chi connectivity index (χ0n) is 9.78. The van der Waals surface area contributed by atoms with E-state index in [1.165, 1.54) is 6.07 Å². The van der Waals surface area contributed by atoms with Gasteiger partial charge in [-0.3, -0.25) is 9.78 Å². The molecule has 2 rings (SSSR count). The summed E-state index contributed by atoms with van der Waals surface area (Å²) in [5.41, 5.74) is -0.920. The van der Waals surface area contributed by atoms with Crippen molar-refractivity contribution in [2.24, 2.45) is 0 Å². The minimum Gasteiger partial charge on any atom is -0.321 e. The molecule has 0 spiro atoms. The highest BCUT2D eigenvalue weighted by Gasteiger charge is 2.32. The molecule has 1 amide bonds. The summed E-state index contributed by atoms with van der Waals surface area (Å²) in [4.78, 5) is 18.2. The maximum absolute atomic E-state index is 12.6. The molecule has 104 valence electrons. The SMILES string of the molecule is O=C(Nc1ccc(F)nc1)c1ccc(C(F)(F)F)nc1. The molecule has 0 bridgehead atoms. The van der Waals surface area contributed by atoms with E-state index in [2.05, 4.69) is 15.3 Å². The summed E-state index contributed by atoms with van der Waals surface area (Å²) in [5.74, 6) is -1.38. The van der Waals surface area contributed by atoms with E-state index in [1.807, 2.05) is 0 Å². The number of halogens is 4. The van der Waals surface area contributed by atoms with Crippen molar-refractivity contribution in [2.75, 3.05) is 5.32 Å². The Labute approximate surface area is 110 Å². The number of carbonyl (C=O) groups is 1. The highest BCUT2D eigenvalue weighted by molar-refractivity contribution is 6.03. The minimum absolute atomic E-state index is 0.0534. The molecule has 0 saturated heterocycles. The third kappa shape index (κ3) is 3.28. The summed E-state index contributed by atoms with van der Waals surface area (Å²) >= 11 is 0. The Morgan fingerprint density at radius 2 is 1.80 bits per heavy atom. The van der Waals surface area contributed by atoms with Crippen molar-refractivity contribution in [1.29, 1.82) is 0 Å². The van der Waals surface area contributed by atoms with Crippen LogP contribution in [0.25, 0.3) is 0 Å². The Balaban J connectivity index is 2.11. The van der Waals surface area contributed by atoms with Crippen LogP contribution >= 0.6 is 0 Å². The lowest BCUT2D eigenvalue weighted by Crippen LogP contribution is -2.14. The first-order valence-electron chi connectivity index (χ1n) is 5.32. The van der Waals surface area contributed by atoms with Crippen LogP contribution in [0.3, 0.4) is 0 Å². The number of rotatable bonds is 2. The average molecular weight is 285 g/mol. The number of carbonyl (C=O) groups excluding carboxylic acids is 1. The van der Waals surface area contributed by atoms with E-state index in [1.54, 1.807) is 0 Å². The number of hydrogen-bond acceptors (Lipinski definition) is 3. The zero-order valence-corrected chi connectivity index (χ0v) is 9.78. The summed E-state index contributed by atoms with van der Waals surface area (Å²) in [7, 11) is 0. The maximum Gasteiger partial charge on any atom is 0.433 e. The topological polar surface area (TPSA) is 54.9 Å². The Morgan fingerprint density at radius 1 is 1.05 bits per heavy atom. The van der Waals surface area contributed by atoms with Gasteiger partial charge in [0.05, 0.1) is 17.4 Å². The van der Waals surface area contributed by atoms with Gasteiger partial charge in [0, 0.05) is 6.20 Å². The first-order chi connectivity index (χ1) is 9.36. The minimum atomic E-state index is -4.56. The highest BCUT2D eigenvalue weighted by Crippen LogP contribution is 2.27. The van der Waals surface area contributed by atoms with E-state index in [9.17, 15) is 22.4 Å². The Kier molecular flexibility index (Phi) is 3.64. The fourth-order valence-corrected chi connectivity index (χ4v) is 1.35. The molecule has 0 radical (unpaired) electrons. The number of nitrogens with zero attached hydrogens (tertiary/aromatic N) is 2. The molecule has 0 fully saturated rings. The smallest absolute Gasteiger partial charge is 0.321 e. The van der Waals surface area contributed by atoms with Gasteiger partial charge in [0.1, 0.15) is 5.69 Å². The number of alkyl halides is 3. The lowest BCUT2D eigenvalue weighted by molar-refractivity contribution is -0.141. The zero-order chi connectivity index (χ0) is 14.8. The van der Waals surface area contributed by atoms with Crippen molar-refractivity contribution in [3.63, 3.8) is 0 Å². The van der Waals surface area contributed by atoms with Crippen LogP contribution in [0, 0.1) is 5.95 Å². The summed E-state index contributed by atoms with van der Waals surface area (Å²) < 4.78 is 49.5. The normalized spacial score (nSPS) is 11.2. The van der Waals surface area contributed by atoms with Gasteiger partial charge in [-0.2, -0.15) is 17.6 Å². The quantitative estimate of drug-likeness (QED) is 0.682. The maximum atomic E-state index is 12.6. The Morgan fingerprint density at radius 3 is 2.30 bits per heavy atom. The lowest BCUT2D eigenvalue weighted by Gasteiger charge is -2.07. The average Bonchev–Trinajstić information content (AvgIpc) is 2.40. The van der Waals surface area contributed by atoms with Crippen LogP contribution in [0.1, 0.15) is 16.1 Å². The van der Waals surface area contributed by atoms with E-state index in [0.717, 1.165) is 24.5 Å². The number of amides is 1. The number of nitrogens with one attached hydrogen (secondary N) is 1. The number of hydrogen-bond donors (Lipinski definition) is 1. The van der Waals surface area contributed by atoms with Crippen molar-refractivity contribution in [1.82, 2.24) is 9.97 Å². The Hall–Kier alpha value is -2.51. The van der Waals surface area contributed by atoms with E-state index in [-0.39, 0.29) is 11.3 Å². The summed E-state index contributed by atoms with van der Waals surface area (Å²) in [6.45, 7) is 0. The van der Waals surface area contributed by atoms with Crippen molar-refractivity contribution in [2.45, 2.75) is 6.18 Å². The van der Waals surface area contributed by atoms with E-state index in [0.29, 0.717) is 6.07 Å². The van der Waals surface area contributed by atoms with Gasteiger partial charge >= 0.3 is 6.18 Å². The highest BCUT2D eigenvalue weighted by atomic mass is 19.4. The van der Waals surface area contributed by atoms with Crippen molar-refractivity contribution in [3.8, 4) is 0 Å². The second kappa shape index (κ2) is 5.24. The standard InChI is InChI=1S/C12H7F4N3O/c13-10-4-2-8(6-18-10)19-11(20)7-1-3-9(17-5-7)12(14,15)16/h1-6H,(H,19,20). The van der Waals surface area contributed by atoms with Crippen LogP contribution in [0.4, 0.5) is 23.2 Å². The first-order valence-corrected chi connectivity index (χ1v) is 5.32. The molecule has 0 saturated carbocycles. The second-order valence-corrected chi connectivity index (χ2v) is 3.75. The van der Waals surface area contributed by atoms with Gasteiger partial charge in [-0.05, 0) is 24.3 Å². The predicted octanol–water partition coefficient (Wildman–Crippen LogP) is 2.89. The van der Waals surface area contributed by atoms with Crippen molar-refractivity contribution in [3.05, 3.63) is 53.9 Å². The molecule has 0 aromatic carbocycles. The fraction of sp³-hybridized carbons (Fsp3) is 0.0833. The van der Waals surface area contributed by atoms with Gasteiger partial charge in [0.15, 0.2) is 0 Å². The van der Waals surface area contributed by atoms with Crippen LogP contribution < -0.4 is 5.32 Å². The van der Waals surface area contributed by atoms with Gasteiger partial charge in [-0.1, -0.05) is 0 Å². The molecule has 2 aromatic heterocycles. The van der Waals surface area contributed by atoms with Crippen molar-refractivity contribution < 1.29 is 22.4 Å². The van der Waals surface area contributed by atoms with Gasteiger partial charge in [0.25, 0.3) is 5.91 Å². The van der Waals surface area contributed by atoms with E-state index in [4.69, 9.17) is 0 Å². The third-order valence-electron chi connectivity index (χ3n) is 2.30. The second-order valence-electron chi connectivity index (χ2n) is 3.75.